The van der Waals surface area contributed by atoms with Gasteiger partial charge in [-0.2, -0.15) is 0 Å². The number of carboxylic acid groups (broad SMARTS) is 1. The van der Waals surface area contributed by atoms with Gasteiger partial charge in [0.1, 0.15) is 0 Å². The van der Waals surface area contributed by atoms with Gasteiger partial charge in [0, 0.05) is 25.4 Å². The molecule has 0 aliphatic carbocycles. The van der Waals surface area contributed by atoms with E-state index in [4.69, 9.17) is 11.0 Å². The largest absolute Gasteiger partial charge is 0.479 e. The molecule has 2 aromatic rings. The van der Waals surface area contributed by atoms with Crippen molar-refractivity contribution in [2.45, 2.75) is 19.1 Å². The minimum Gasteiger partial charge on any atom is -0.479 e. The van der Waals surface area contributed by atoms with Crippen molar-refractivity contribution in [2.24, 2.45) is 5.90 Å². The highest BCUT2D eigenvalue weighted by Gasteiger charge is 2.16. The molecule has 6 nitrogen and oxygen atoms in total. The molecule has 0 saturated carbocycles. The van der Waals surface area contributed by atoms with Crippen LogP contribution in [0.5, 0.6) is 0 Å². The summed E-state index contributed by atoms with van der Waals surface area (Å²) in [7, 11) is 0. The number of carboxylic acids is 1. The van der Waals surface area contributed by atoms with Gasteiger partial charge in [-0.05, 0) is 11.1 Å². The van der Waals surface area contributed by atoms with Crippen LogP contribution in [0.3, 0.4) is 0 Å². The first-order chi connectivity index (χ1) is 10.2. The standard InChI is InChI=1S/C15H17N3O3/c16-21-14(15(19)20)7-6-13(10-18-9-8-17-11-18)12-4-2-1-3-5-12/h1-6,8-9,11,14H,7,10,16H2,(H,19,20). The van der Waals surface area contributed by atoms with Crippen LogP contribution < -0.4 is 5.90 Å². The minimum atomic E-state index is -1.08. The minimum absolute atomic E-state index is 0.199. The molecular formula is C15H17N3O3. The fourth-order valence-electron chi connectivity index (χ4n) is 1.97. The average molecular weight is 287 g/mol. The Labute approximate surface area is 122 Å². The number of imidazole rings is 1. The van der Waals surface area contributed by atoms with Crippen LogP contribution in [0, 0.1) is 0 Å². The van der Waals surface area contributed by atoms with Gasteiger partial charge < -0.3 is 9.67 Å². The van der Waals surface area contributed by atoms with Gasteiger partial charge >= 0.3 is 5.97 Å². The fraction of sp³-hybridized carbons (Fsp3) is 0.200. The lowest BCUT2D eigenvalue weighted by molar-refractivity contribution is -0.150. The number of hydrogen-bond donors (Lipinski definition) is 2. The van der Waals surface area contributed by atoms with E-state index in [9.17, 15) is 4.79 Å². The second-order valence-electron chi connectivity index (χ2n) is 4.53. The SMILES string of the molecule is NOC(CC=C(Cn1ccnc1)c1ccccc1)C(=O)O. The van der Waals surface area contributed by atoms with E-state index < -0.39 is 12.1 Å². The molecule has 2 rings (SSSR count). The van der Waals surface area contributed by atoms with Crippen molar-refractivity contribution in [3.63, 3.8) is 0 Å². The summed E-state index contributed by atoms with van der Waals surface area (Å²) in [5.74, 6) is 3.93. The lowest BCUT2D eigenvalue weighted by atomic mass is 10.0. The van der Waals surface area contributed by atoms with Crippen molar-refractivity contribution in [1.29, 1.82) is 0 Å². The average Bonchev–Trinajstić information content (AvgIpc) is 3.00. The number of carbonyl (C=O) groups is 1. The zero-order valence-corrected chi connectivity index (χ0v) is 11.4. The van der Waals surface area contributed by atoms with Crippen LogP contribution in [0.4, 0.5) is 0 Å². The first-order valence-electron chi connectivity index (χ1n) is 6.49. The van der Waals surface area contributed by atoms with Gasteiger partial charge in [-0.1, -0.05) is 36.4 Å². The van der Waals surface area contributed by atoms with Crippen molar-refractivity contribution in [3.05, 3.63) is 60.7 Å². The molecule has 0 bridgehead atoms. The third-order valence-corrected chi connectivity index (χ3v) is 3.07. The number of benzene rings is 1. The lowest BCUT2D eigenvalue weighted by Gasteiger charge is -2.11. The van der Waals surface area contributed by atoms with Gasteiger partial charge in [0.25, 0.3) is 0 Å². The number of nitrogens with two attached hydrogens (primary N) is 1. The van der Waals surface area contributed by atoms with E-state index in [1.807, 2.05) is 47.2 Å². The normalized spacial score (nSPS) is 13.1. The molecule has 6 heteroatoms. The first kappa shape index (κ1) is 15.0. The monoisotopic (exact) mass is 287 g/mol. The summed E-state index contributed by atoms with van der Waals surface area (Å²) in [6.45, 7) is 0.598. The molecule has 1 atom stereocenters. The molecule has 0 radical (unpaired) electrons. The second-order valence-corrected chi connectivity index (χ2v) is 4.53. The van der Waals surface area contributed by atoms with E-state index in [-0.39, 0.29) is 6.42 Å². The Morgan fingerprint density at radius 3 is 2.76 bits per heavy atom. The lowest BCUT2D eigenvalue weighted by Crippen LogP contribution is -2.26. The van der Waals surface area contributed by atoms with E-state index in [0.29, 0.717) is 6.54 Å². The third-order valence-electron chi connectivity index (χ3n) is 3.07. The molecule has 0 aliphatic heterocycles. The van der Waals surface area contributed by atoms with Gasteiger partial charge in [0.05, 0.1) is 6.33 Å². The van der Waals surface area contributed by atoms with E-state index in [2.05, 4.69) is 9.82 Å². The molecule has 1 aromatic carbocycles. The van der Waals surface area contributed by atoms with E-state index >= 15 is 0 Å². The van der Waals surface area contributed by atoms with Gasteiger partial charge in [-0.25, -0.2) is 15.7 Å². The summed E-state index contributed by atoms with van der Waals surface area (Å²) in [6, 6.07) is 9.75. The van der Waals surface area contributed by atoms with Gasteiger partial charge in [-0.3, -0.25) is 4.84 Å². The number of aliphatic carboxylic acids is 1. The summed E-state index contributed by atoms with van der Waals surface area (Å²) in [4.78, 5) is 19.4. The number of aromatic nitrogens is 2. The van der Waals surface area contributed by atoms with E-state index in [1.54, 1.807) is 12.5 Å². The highest BCUT2D eigenvalue weighted by molar-refractivity contribution is 5.73. The molecule has 0 aliphatic rings. The maximum Gasteiger partial charge on any atom is 0.335 e. The number of rotatable bonds is 7. The maximum absolute atomic E-state index is 10.9. The predicted molar refractivity (Wildman–Crippen MR) is 78.0 cm³/mol. The fourth-order valence-corrected chi connectivity index (χ4v) is 1.97. The molecule has 0 spiro atoms. The summed E-state index contributed by atoms with van der Waals surface area (Å²) in [6.07, 6.45) is 6.25. The summed E-state index contributed by atoms with van der Waals surface area (Å²) in [5.41, 5.74) is 2.00. The maximum atomic E-state index is 10.9. The van der Waals surface area contributed by atoms with Crippen LogP contribution in [0.2, 0.25) is 0 Å². The highest BCUT2D eigenvalue weighted by Crippen LogP contribution is 2.18. The van der Waals surface area contributed by atoms with Crippen LogP contribution in [-0.4, -0.2) is 26.7 Å². The van der Waals surface area contributed by atoms with Crippen molar-refractivity contribution in [2.75, 3.05) is 0 Å². The smallest absolute Gasteiger partial charge is 0.335 e. The summed E-state index contributed by atoms with van der Waals surface area (Å²) in [5, 5.41) is 8.96. The number of hydrogen-bond acceptors (Lipinski definition) is 4. The molecule has 1 unspecified atom stereocenters. The molecule has 0 fully saturated rings. The van der Waals surface area contributed by atoms with E-state index in [1.165, 1.54) is 0 Å². The van der Waals surface area contributed by atoms with Crippen LogP contribution in [0.1, 0.15) is 12.0 Å². The Morgan fingerprint density at radius 1 is 1.43 bits per heavy atom. The number of nitrogens with zero attached hydrogens (tertiary/aromatic N) is 2. The molecule has 0 saturated heterocycles. The Kier molecular flexibility index (Phi) is 5.25. The molecule has 21 heavy (non-hydrogen) atoms. The van der Waals surface area contributed by atoms with Gasteiger partial charge in [0.15, 0.2) is 6.10 Å². The zero-order valence-electron chi connectivity index (χ0n) is 11.4. The van der Waals surface area contributed by atoms with Gasteiger partial charge in [0.2, 0.25) is 0 Å². The highest BCUT2D eigenvalue weighted by atomic mass is 16.6. The van der Waals surface area contributed by atoms with Crippen LogP contribution in [-0.2, 0) is 16.2 Å². The molecule has 110 valence electrons. The molecule has 1 heterocycles. The van der Waals surface area contributed by atoms with Crippen molar-refractivity contribution in [1.82, 2.24) is 9.55 Å². The van der Waals surface area contributed by atoms with Crippen molar-refractivity contribution < 1.29 is 14.7 Å². The molecule has 3 N–H and O–H groups in total. The van der Waals surface area contributed by atoms with Gasteiger partial charge in [-0.15, -0.1) is 0 Å². The molecular weight excluding hydrogens is 270 g/mol. The second kappa shape index (κ2) is 7.37. The number of allylic oxidation sites excluding steroid dienone is 1. The van der Waals surface area contributed by atoms with Crippen LogP contribution >= 0.6 is 0 Å². The molecule has 1 aromatic heterocycles. The molecule has 0 amide bonds. The Balaban J connectivity index is 2.21. The van der Waals surface area contributed by atoms with Crippen LogP contribution in [0.25, 0.3) is 5.57 Å². The Morgan fingerprint density at radius 2 is 2.19 bits per heavy atom. The predicted octanol–water partition coefficient (Wildman–Crippen LogP) is 1.70. The summed E-state index contributed by atoms with van der Waals surface area (Å²) < 4.78 is 1.91. The topological polar surface area (TPSA) is 90.4 Å². The van der Waals surface area contributed by atoms with Crippen molar-refractivity contribution in [3.8, 4) is 0 Å². The first-order valence-corrected chi connectivity index (χ1v) is 6.49. The van der Waals surface area contributed by atoms with E-state index in [0.717, 1.165) is 11.1 Å². The summed E-state index contributed by atoms with van der Waals surface area (Å²) >= 11 is 0. The third kappa shape index (κ3) is 4.27. The zero-order chi connectivity index (χ0) is 15.1. The Hall–Kier alpha value is -2.44. The van der Waals surface area contributed by atoms with Crippen molar-refractivity contribution >= 4 is 11.5 Å². The van der Waals surface area contributed by atoms with Crippen LogP contribution in [0.15, 0.2) is 55.1 Å². The quantitative estimate of drug-likeness (QED) is 0.756. The Bertz CT molecular complexity index is 594.